The summed E-state index contributed by atoms with van der Waals surface area (Å²) in [7, 11) is 0. The second-order valence-corrected chi connectivity index (χ2v) is 8.51. The lowest BCUT2D eigenvalue weighted by Gasteiger charge is -2.46. The predicted molar refractivity (Wildman–Crippen MR) is 102 cm³/mol. The van der Waals surface area contributed by atoms with Crippen molar-refractivity contribution in [1.29, 1.82) is 0 Å². The molecule has 2 heterocycles. The van der Waals surface area contributed by atoms with E-state index in [1.165, 1.54) is 6.33 Å². The van der Waals surface area contributed by atoms with Gasteiger partial charge >= 0.3 is 0 Å². The maximum absolute atomic E-state index is 12.6. The molecule has 146 valence electrons. The number of rotatable bonds is 5. The first-order valence-electron chi connectivity index (χ1n) is 9.23. The van der Waals surface area contributed by atoms with E-state index in [1.807, 2.05) is 12.1 Å². The van der Waals surface area contributed by atoms with Crippen molar-refractivity contribution in [2.45, 2.75) is 70.7 Å². The van der Waals surface area contributed by atoms with Gasteiger partial charge in [-0.1, -0.05) is 0 Å². The molecule has 1 aromatic carbocycles. The lowest BCUT2D eigenvalue weighted by Crippen LogP contribution is -2.62. The summed E-state index contributed by atoms with van der Waals surface area (Å²) >= 11 is 0. The van der Waals surface area contributed by atoms with Gasteiger partial charge in [0.15, 0.2) is 6.10 Å². The van der Waals surface area contributed by atoms with E-state index in [2.05, 4.69) is 53.9 Å². The molecule has 0 bridgehead atoms. The lowest BCUT2D eigenvalue weighted by atomic mass is 9.79. The van der Waals surface area contributed by atoms with Crippen LogP contribution < -0.4 is 15.4 Å². The summed E-state index contributed by atoms with van der Waals surface area (Å²) in [5.74, 6) is 0.526. The Morgan fingerprint density at radius 2 is 1.85 bits per heavy atom. The van der Waals surface area contributed by atoms with Crippen LogP contribution >= 0.6 is 0 Å². The lowest BCUT2D eigenvalue weighted by molar-refractivity contribution is -0.128. The first kappa shape index (κ1) is 19.3. The smallest absolute Gasteiger partial charge is 0.260 e. The van der Waals surface area contributed by atoms with Crippen LogP contribution in [0.1, 0.15) is 47.5 Å². The predicted octanol–water partition coefficient (Wildman–Crippen LogP) is 1.85. The van der Waals surface area contributed by atoms with E-state index in [9.17, 15) is 4.79 Å². The average molecular weight is 372 g/mol. The fourth-order valence-electron chi connectivity index (χ4n) is 3.96. The number of hydrogen-bond acceptors (Lipinski definition) is 6. The molecular formula is C19H28N6O2. The zero-order valence-corrected chi connectivity index (χ0v) is 16.6. The molecule has 1 atom stereocenters. The molecule has 1 saturated heterocycles. The van der Waals surface area contributed by atoms with E-state index in [0.717, 1.165) is 18.5 Å². The van der Waals surface area contributed by atoms with Crippen LogP contribution in [0.3, 0.4) is 0 Å². The molecule has 0 aliphatic carbocycles. The van der Waals surface area contributed by atoms with Gasteiger partial charge in [-0.25, -0.2) is 4.68 Å². The van der Waals surface area contributed by atoms with E-state index in [0.29, 0.717) is 5.75 Å². The number of nitrogens with zero attached hydrogens (tertiary/aromatic N) is 4. The second-order valence-electron chi connectivity index (χ2n) is 8.51. The Kier molecular flexibility index (Phi) is 5.19. The van der Waals surface area contributed by atoms with Crippen molar-refractivity contribution in [3.05, 3.63) is 30.6 Å². The van der Waals surface area contributed by atoms with Crippen LogP contribution in [-0.2, 0) is 4.79 Å². The zero-order chi connectivity index (χ0) is 19.7. The molecule has 27 heavy (non-hydrogen) atoms. The summed E-state index contributed by atoms with van der Waals surface area (Å²) in [6.45, 7) is 10.4. The third kappa shape index (κ3) is 5.03. The van der Waals surface area contributed by atoms with Gasteiger partial charge in [-0.05, 0) is 82.2 Å². The first-order chi connectivity index (χ1) is 12.6. The standard InChI is InChI=1S/C19H28N6O2/c1-13(17(26)21-14-10-18(2,3)22-19(4,5)11-14)27-16-8-6-15(7-9-16)25-12-20-23-24-25/h6-9,12-14,22H,10-11H2,1-5H3,(H,21,26)/t13-/m0/s1. The van der Waals surface area contributed by atoms with Crippen LogP contribution in [0.4, 0.5) is 0 Å². The van der Waals surface area contributed by atoms with E-state index in [4.69, 9.17) is 4.74 Å². The number of nitrogens with one attached hydrogen (secondary N) is 2. The van der Waals surface area contributed by atoms with E-state index in [-0.39, 0.29) is 23.0 Å². The Labute approximate surface area is 159 Å². The van der Waals surface area contributed by atoms with Crippen molar-refractivity contribution in [1.82, 2.24) is 30.8 Å². The van der Waals surface area contributed by atoms with Crippen LogP contribution in [0.25, 0.3) is 5.69 Å². The zero-order valence-electron chi connectivity index (χ0n) is 16.6. The molecule has 1 aliphatic rings. The summed E-state index contributed by atoms with van der Waals surface area (Å²) in [6, 6.07) is 7.41. The van der Waals surface area contributed by atoms with E-state index >= 15 is 0 Å². The minimum atomic E-state index is -0.579. The maximum Gasteiger partial charge on any atom is 0.260 e. The summed E-state index contributed by atoms with van der Waals surface area (Å²) in [5.41, 5.74) is 0.787. The Bertz CT molecular complexity index is 754. The third-order valence-corrected chi connectivity index (χ3v) is 4.67. The maximum atomic E-state index is 12.6. The summed E-state index contributed by atoms with van der Waals surface area (Å²) in [5, 5.41) is 17.8. The first-order valence-corrected chi connectivity index (χ1v) is 9.23. The van der Waals surface area contributed by atoms with Crippen LogP contribution in [0.2, 0.25) is 0 Å². The molecule has 2 aromatic rings. The molecule has 8 heteroatoms. The highest BCUT2D eigenvalue weighted by Crippen LogP contribution is 2.28. The number of carbonyl (C=O) groups is 1. The van der Waals surface area contributed by atoms with Gasteiger partial charge in [0.1, 0.15) is 12.1 Å². The van der Waals surface area contributed by atoms with Crippen molar-refractivity contribution < 1.29 is 9.53 Å². The summed E-state index contributed by atoms with van der Waals surface area (Å²) in [6.07, 6.45) is 2.71. The average Bonchev–Trinajstić information content (AvgIpc) is 3.06. The second kappa shape index (κ2) is 7.26. The number of piperidine rings is 1. The molecular weight excluding hydrogens is 344 g/mol. The molecule has 1 fully saturated rings. The quantitative estimate of drug-likeness (QED) is 0.832. The summed E-state index contributed by atoms with van der Waals surface area (Å²) < 4.78 is 7.36. The topological polar surface area (TPSA) is 94.0 Å². The number of tetrazole rings is 1. The minimum absolute atomic E-state index is 0.0180. The Hall–Kier alpha value is -2.48. The molecule has 1 aliphatic heterocycles. The Morgan fingerprint density at radius 3 is 2.41 bits per heavy atom. The van der Waals surface area contributed by atoms with Gasteiger partial charge in [0.25, 0.3) is 5.91 Å². The number of carbonyl (C=O) groups excluding carboxylic acids is 1. The van der Waals surface area contributed by atoms with Gasteiger partial charge < -0.3 is 15.4 Å². The van der Waals surface area contributed by atoms with Crippen molar-refractivity contribution in [2.75, 3.05) is 0 Å². The Balaban J connectivity index is 1.57. The minimum Gasteiger partial charge on any atom is -0.481 e. The Morgan fingerprint density at radius 1 is 1.22 bits per heavy atom. The molecule has 1 amide bonds. The molecule has 8 nitrogen and oxygen atoms in total. The molecule has 0 radical (unpaired) electrons. The molecule has 3 rings (SSSR count). The van der Waals surface area contributed by atoms with E-state index < -0.39 is 6.10 Å². The highest BCUT2D eigenvalue weighted by atomic mass is 16.5. The van der Waals surface area contributed by atoms with Gasteiger partial charge in [0.2, 0.25) is 0 Å². The number of hydrogen-bond donors (Lipinski definition) is 2. The highest BCUT2D eigenvalue weighted by Gasteiger charge is 2.38. The molecule has 1 aromatic heterocycles. The SMILES string of the molecule is C[C@H](Oc1ccc(-n2cnnn2)cc1)C(=O)NC1CC(C)(C)NC(C)(C)C1. The van der Waals surface area contributed by atoms with Gasteiger partial charge in [-0.15, -0.1) is 5.10 Å². The molecule has 0 spiro atoms. The van der Waals surface area contributed by atoms with Gasteiger partial charge in [0.05, 0.1) is 5.69 Å². The highest BCUT2D eigenvalue weighted by molar-refractivity contribution is 5.81. The fourth-order valence-corrected chi connectivity index (χ4v) is 3.96. The number of benzene rings is 1. The monoisotopic (exact) mass is 372 g/mol. The number of amides is 1. The van der Waals surface area contributed by atoms with Gasteiger partial charge in [-0.2, -0.15) is 0 Å². The van der Waals surface area contributed by atoms with Crippen molar-refractivity contribution in [3.63, 3.8) is 0 Å². The van der Waals surface area contributed by atoms with Crippen molar-refractivity contribution in [2.24, 2.45) is 0 Å². The van der Waals surface area contributed by atoms with Gasteiger partial charge in [0, 0.05) is 17.1 Å². The van der Waals surface area contributed by atoms with Crippen LogP contribution in [0, 0.1) is 0 Å². The number of aromatic nitrogens is 4. The van der Waals surface area contributed by atoms with Crippen LogP contribution in [0.5, 0.6) is 5.75 Å². The third-order valence-electron chi connectivity index (χ3n) is 4.67. The van der Waals surface area contributed by atoms with Crippen LogP contribution in [-0.4, -0.2) is 49.3 Å². The van der Waals surface area contributed by atoms with Crippen molar-refractivity contribution >= 4 is 5.91 Å². The number of ether oxygens (including phenoxy) is 1. The van der Waals surface area contributed by atoms with E-state index in [1.54, 1.807) is 23.7 Å². The summed E-state index contributed by atoms with van der Waals surface area (Å²) in [4.78, 5) is 12.6. The normalized spacial score (nSPS) is 20.0. The molecule has 2 N–H and O–H groups in total. The van der Waals surface area contributed by atoms with Crippen LogP contribution in [0.15, 0.2) is 30.6 Å². The fraction of sp³-hybridized carbons (Fsp3) is 0.579. The molecule has 0 unspecified atom stereocenters. The largest absolute Gasteiger partial charge is 0.481 e. The molecule has 0 saturated carbocycles. The van der Waals surface area contributed by atoms with Gasteiger partial charge in [-0.3, -0.25) is 4.79 Å². The van der Waals surface area contributed by atoms with Crippen molar-refractivity contribution in [3.8, 4) is 11.4 Å².